The van der Waals surface area contributed by atoms with Crippen LogP contribution >= 0.6 is 0 Å². The monoisotopic (exact) mass is 165 g/mol. The fourth-order valence-corrected chi connectivity index (χ4v) is 0.904. The van der Waals surface area contributed by atoms with Crippen LogP contribution in [0.4, 0.5) is 0 Å². The molecule has 0 aliphatic carbocycles. The maximum absolute atomic E-state index is 5.40. The van der Waals surface area contributed by atoms with Crippen LogP contribution in [0.25, 0.3) is 6.08 Å². The second-order valence-corrected chi connectivity index (χ2v) is 3.04. The Morgan fingerprint density at radius 3 is 2.83 bits per heavy atom. The van der Waals surface area contributed by atoms with Crippen molar-refractivity contribution >= 4 is 6.08 Å². The smallest absolute Gasteiger partial charge is 0.126 e. The molecule has 12 heavy (non-hydrogen) atoms. The summed E-state index contributed by atoms with van der Waals surface area (Å²) in [7, 11) is 0. The molecule has 1 rings (SSSR count). The summed E-state index contributed by atoms with van der Waals surface area (Å²) in [6, 6.07) is 4.37. The van der Waals surface area contributed by atoms with E-state index in [4.69, 9.17) is 4.42 Å². The highest BCUT2D eigenvalue weighted by atomic mass is 16.3. The van der Waals surface area contributed by atoms with Crippen molar-refractivity contribution in [3.63, 3.8) is 0 Å². The van der Waals surface area contributed by atoms with E-state index in [-0.39, 0.29) is 0 Å². The summed E-state index contributed by atoms with van der Waals surface area (Å²) in [6.07, 6.45) is 1.71. The van der Waals surface area contributed by atoms with Crippen LogP contribution in [0.1, 0.15) is 25.4 Å². The molecule has 0 aliphatic heterocycles. The lowest BCUT2D eigenvalue weighted by Crippen LogP contribution is -2.21. The predicted octanol–water partition coefficient (Wildman–Crippen LogP) is 2.42. The lowest BCUT2D eigenvalue weighted by molar-refractivity contribution is 0.460. The van der Waals surface area contributed by atoms with Gasteiger partial charge in [-0.05, 0) is 18.2 Å². The van der Waals surface area contributed by atoms with Crippen LogP contribution in [0, 0.1) is 0 Å². The van der Waals surface area contributed by atoms with Crippen LogP contribution in [-0.2, 0) is 6.54 Å². The highest BCUT2D eigenvalue weighted by molar-refractivity contribution is 5.39. The van der Waals surface area contributed by atoms with Crippen molar-refractivity contribution in [3.05, 3.63) is 30.2 Å². The average molecular weight is 165 g/mol. The first-order valence-corrected chi connectivity index (χ1v) is 4.17. The SMILES string of the molecule is C=Cc1ccc(CNC(C)C)o1. The minimum atomic E-state index is 0.488. The second-order valence-electron chi connectivity index (χ2n) is 3.04. The van der Waals surface area contributed by atoms with Gasteiger partial charge in [0.05, 0.1) is 6.54 Å². The minimum Gasteiger partial charge on any atom is -0.460 e. The molecule has 0 saturated heterocycles. The molecule has 0 saturated carbocycles. The van der Waals surface area contributed by atoms with E-state index in [0.29, 0.717) is 6.04 Å². The third kappa shape index (κ3) is 2.55. The first-order valence-electron chi connectivity index (χ1n) is 4.17. The maximum Gasteiger partial charge on any atom is 0.126 e. The zero-order valence-corrected chi connectivity index (χ0v) is 7.63. The molecule has 0 aromatic carbocycles. The molecule has 0 amide bonds. The average Bonchev–Trinajstić information content (AvgIpc) is 2.48. The van der Waals surface area contributed by atoms with Crippen LogP contribution < -0.4 is 5.32 Å². The maximum atomic E-state index is 5.40. The van der Waals surface area contributed by atoms with Gasteiger partial charge in [0.1, 0.15) is 11.5 Å². The highest BCUT2D eigenvalue weighted by Crippen LogP contribution is 2.08. The van der Waals surface area contributed by atoms with Gasteiger partial charge in [-0.3, -0.25) is 0 Å². The van der Waals surface area contributed by atoms with Crippen molar-refractivity contribution in [1.29, 1.82) is 0 Å². The molecule has 0 unspecified atom stereocenters. The Hall–Kier alpha value is -1.02. The van der Waals surface area contributed by atoms with E-state index in [0.717, 1.165) is 18.1 Å². The summed E-state index contributed by atoms with van der Waals surface area (Å²) in [4.78, 5) is 0. The third-order valence-corrected chi connectivity index (χ3v) is 1.57. The molecular formula is C10H15NO. The van der Waals surface area contributed by atoms with Crippen molar-refractivity contribution in [3.8, 4) is 0 Å². The van der Waals surface area contributed by atoms with Gasteiger partial charge in [0.2, 0.25) is 0 Å². The molecular weight excluding hydrogens is 150 g/mol. The fourth-order valence-electron chi connectivity index (χ4n) is 0.904. The van der Waals surface area contributed by atoms with E-state index in [1.54, 1.807) is 6.08 Å². The van der Waals surface area contributed by atoms with Crippen LogP contribution in [0.5, 0.6) is 0 Å². The standard InChI is InChI=1S/C10H15NO/c1-4-9-5-6-10(12-9)7-11-8(2)3/h4-6,8,11H,1,7H2,2-3H3. The Morgan fingerprint density at radius 2 is 2.33 bits per heavy atom. The second kappa shape index (κ2) is 4.12. The van der Waals surface area contributed by atoms with Gasteiger partial charge in [-0.1, -0.05) is 20.4 Å². The van der Waals surface area contributed by atoms with Gasteiger partial charge in [0.15, 0.2) is 0 Å². The normalized spacial score (nSPS) is 10.6. The molecule has 0 fully saturated rings. The summed E-state index contributed by atoms with van der Waals surface area (Å²) >= 11 is 0. The van der Waals surface area contributed by atoms with Crippen molar-refractivity contribution in [2.45, 2.75) is 26.4 Å². The third-order valence-electron chi connectivity index (χ3n) is 1.57. The van der Waals surface area contributed by atoms with Crippen molar-refractivity contribution in [1.82, 2.24) is 5.32 Å². The lowest BCUT2D eigenvalue weighted by atomic mass is 10.3. The summed E-state index contributed by atoms with van der Waals surface area (Å²) < 4.78 is 5.40. The molecule has 0 atom stereocenters. The quantitative estimate of drug-likeness (QED) is 0.741. The van der Waals surface area contributed by atoms with E-state index in [1.807, 2.05) is 12.1 Å². The van der Waals surface area contributed by atoms with Gasteiger partial charge >= 0.3 is 0 Å². The van der Waals surface area contributed by atoms with Gasteiger partial charge in [0.25, 0.3) is 0 Å². The van der Waals surface area contributed by atoms with E-state index in [2.05, 4.69) is 25.7 Å². The predicted molar refractivity (Wildman–Crippen MR) is 50.8 cm³/mol. The van der Waals surface area contributed by atoms with Gasteiger partial charge in [0, 0.05) is 6.04 Å². The van der Waals surface area contributed by atoms with Gasteiger partial charge in [-0.15, -0.1) is 0 Å². The molecule has 1 aromatic rings. The Kier molecular flexibility index (Phi) is 3.11. The Balaban J connectivity index is 2.47. The summed E-state index contributed by atoms with van der Waals surface area (Å²) in [6.45, 7) is 8.63. The zero-order valence-electron chi connectivity index (χ0n) is 7.63. The van der Waals surface area contributed by atoms with Crippen LogP contribution in [0.3, 0.4) is 0 Å². The molecule has 1 N–H and O–H groups in total. The van der Waals surface area contributed by atoms with E-state index in [1.165, 1.54) is 0 Å². The van der Waals surface area contributed by atoms with Crippen LogP contribution in [0.15, 0.2) is 23.1 Å². The van der Waals surface area contributed by atoms with E-state index < -0.39 is 0 Å². The molecule has 66 valence electrons. The molecule has 1 aromatic heterocycles. The van der Waals surface area contributed by atoms with Gasteiger partial charge < -0.3 is 9.73 Å². The topological polar surface area (TPSA) is 25.2 Å². The molecule has 1 heterocycles. The van der Waals surface area contributed by atoms with Gasteiger partial charge in [-0.2, -0.15) is 0 Å². The first kappa shape index (κ1) is 9.07. The van der Waals surface area contributed by atoms with Crippen molar-refractivity contribution < 1.29 is 4.42 Å². The molecule has 2 heteroatoms. The molecule has 0 spiro atoms. The van der Waals surface area contributed by atoms with E-state index in [9.17, 15) is 0 Å². The Bertz CT molecular complexity index is 250. The molecule has 0 bridgehead atoms. The Morgan fingerprint density at radius 1 is 1.58 bits per heavy atom. The van der Waals surface area contributed by atoms with Gasteiger partial charge in [-0.25, -0.2) is 0 Å². The first-order chi connectivity index (χ1) is 5.72. The largest absolute Gasteiger partial charge is 0.460 e. The lowest BCUT2D eigenvalue weighted by Gasteiger charge is -2.04. The minimum absolute atomic E-state index is 0.488. The number of hydrogen-bond acceptors (Lipinski definition) is 2. The number of furan rings is 1. The molecule has 0 radical (unpaired) electrons. The van der Waals surface area contributed by atoms with Crippen molar-refractivity contribution in [2.75, 3.05) is 0 Å². The van der Waals surface area contributed by atoms with Crippen LogP contribution in [0.2, 0.25) is 0 Å². The fraction of sp³-hybridized carbons (Fsp3) is 0.400. The molecule has 2 nitrogen and oxygen atoms in total. The Labute approximate surface area is 73.3 Å². The zero-order chi connectivity index (χ0) is 8.97. The number of rotatable bonds is 4. The number of hydrogen-bond donors (Lipinski definition) is 1. The summed E-state index contributed by atoms with van der Waals surface area (Å²) in [5.41, 5.74) is 0. The van der Waals surface area contributed by atoms with E-state index >= 15 is 0 Å². The summed E-state index contributed by atoms with van der Waals surface area (Å²) in [5, 5.41) is 3.27. The van der Waals surface area contributed by atoms with Crippen LogP contribution in [-0.4, -0.2) is 6.04 Å². The summed E-state index contributed by atoms with van der Waals surface area (Å²) in [5.74, 6) is 1.79. The number of nitrogens with one attached hydrogen (secondary N) is 1. The molecule has 0 aliphatic rings. The highest BCUT2D eigenvalue weighted by Gasteiger charge is 1.99. The van der Waals surface area contributed by atoms with Crippen molar-refractivity contribution in [2.24, 2.45) is 0 Å².